The molecule has 0 spiro atoms. The van der Waals surface area contributed by atoms with E-state index in [0.717, 1.165) is 12.3 Å². The maximum atomic E-state index is 12.8. The van der Waals surface area contributed by atoms with Crippen molar-refractivity contribution < 1.29 is 18.0 Å². The summed E-state index contributed by atoms with van der Waals surface area (Å²) >= 11 is 0. The number of fused-ring (bicyclic) bond motifs is 1. The Labute approximate surface area is 173 Å². The molecular formula is C21H13F3N6O. The third-order valence-electron chi connectivity index (χ3n) is 4.57. The van der Waals surface area contributed by atoms with Crippen LogP contribution in [0.25, 0.3) is 22.2 Å². The van der Waals surface area contributed by atoms with Crippen molar-refractivity contribution >= 4 is 22.5 Å². The maximum Gasteiger partial charge on any atom is 0.433 e. The van der Waals surface area contributed by atoms with Gasteiger partial charge in [-0.15, -0.1) is 0 Å². The van der Waals surface area contributed by atoms with Crippen molar-refractivity contribution in [1.29, 1.82) is 5.26 Å². The first-order chi connectivity index (χ1) is 14.8. The number of carbonyl (C=O) groups excluding carboxylic acids is 1. The van der Waals surface area contributed by atoms with E-state index in [2.05, 4.69) is 25.5 Å². The first-order valence-corrected chi connectivity index (χ1v) is 8.96. The van der Waals surface area contributed by atoms with Crippen LogP contribution >= 0.6 is 0 Å². The number of amides is 1. The summed E-state index contributed by atoms with van der Waals surface area (Å²) in [5, 5.41) is 19.2. The van der Waals surface area contributed by atoms with Gasteiger partial charge in [0.1, 0.15) is 23.2 Å². The van der Waals surface area contributed by atoms with Crippen LogP contribution in [0.15, 0.2) is 48.8 Å². The van der Waals surface area contributed by atoms with Gasteiger partial charge < -0.3 is 5.32 Å². The Kier molecular flexibility index (Phi) is 4.87. The number of benzene rings is 1. The molecule has 0 radical (unpaired) electrons. The van der Waals surface area contributed by atoms with Gasteiger partial charge >= 0.3 is 6.18 Å². The van der Waals surface area contributed by atoms with Gasteiger partial charge in [-0.3, -0.25) is 14.9 Å². The molecule has 4 rings (SSSR count). The van der Waals surface area contributed by atoms with E-state index in [1.807, 2.05) is 6.07 Å². The number of alkyl halides is 3. The van der Waals surface area contributed by atoms with Crippen molar-refractivity contribution in [1.82, 2.24) is 20.2 Å². The molecule has 1 amide bonds. The average Bonchev–Trinajstić information content (AvgIpc) is 3.16. The van der Waals surface area contributed by atoms with Crippen LogP contribution in [0.1, 0.15) is 27.3 Å². The smallest absolute Gasteiger partial charge is 0.321 e. The molecule has 0 saturated carbocycles. The fraction of sp³-hybridized carbons (Fsp3) is 0.0952. The summed E-state index contributed by atoms with van der Waals surface area (Å²) in [6.07, 6.45) is -2.11. The van der Waals surface area contributed by atoms with E-state index in [4.69, 9.17) is 5.26 Å². The minimum Gasteiger partial charge on any atom is -0.321 e. The van der Waals surface area contributed by atoms with Gasteiger partial charge in [-0.1, -0.05) is 0 Å². The number of aromatic nitrogens is 4. The number of H-pyrrole nitrogens is 1. The minimum atomic E-state index is -4.53. The van der Waals surface area contributed by atoms with Crippen LogP contribution in [0.4, 0.5) is 18.9 Å². The largest absolute Gasteiger partial charge is 0.433 e. The van der Waals surface area contributed by atoms with Crippen molar-refractivity contribution in [3.63, 3.8) is 0 Å². The molecule has 10 heteroatoms. The van der Waals surface area contributed by atoms with Gasteiger partial charge in [0.25, 0.3) is 5.91 Å². The van der Waals surface area contributed by atoms with Crippen LogP contribution in [0.5, 0.6) is 0 Å². The Balaban J connectivity index is 1.64. The molecule has 2 N–H and O–H groups in total. The van der Waals surface area contributed by atoms with Gasteiger partial charge in [-0.05, 0) is 48.9 Å². The van der Waals surface area contributed by atoms with Crippen molar-refractivity contribution in [2.24, 2.45) is 0 Å². The lowest BCUT2D eigenvalue weighted by Gasteiger charge is -2.08. The number of aromatic amines is 1. The molecule has 4 aromatic rings. The van der Waals surface area contributed by atoms with E-state index in [1.165, 1.54) is 12.3 Å². The second kappa shape index (κ2) is 7.53. The molecule has 0 aliphatic carbocycles. The molecule has 3 heterocycles. The first-order valence-electron chi connectivity index (χ1n) is 8.96. The summed E-state index contributed by atoms with van der Waals surface area (Å²) < 4.78 is 38.3. The van der Waals surface area contributed by atoms with Crippen molar-refractivity contribution in [3.05, 3.63) is 71.3 Å². The molecular weight excluding hydrogens is 409 g/mol. The number of rotatable bonds is 3. The van der Waals surface area contributed by atoms with E-state index in [0.29, 0.717) is 39.0 Å². The minimum absolute atomic E-state index is 0.179. The van der Waals surface area contributed by atoms with Gasteiger partial charge in [0.2, 0.25) is 0 Å². The Morgan fingerprint density at radius 2 is 1.94 bits per heavy atom. The molecule has 0 saturated heterocycles. The molecule has 0 unspecified atom stereocenters. The van der Waals surface area contributed by atoms with E-state index in [9.17, 15) is 18.0 Å². The number of pyridine rings is 2. The molecule has 3 aromatic heterocycles. The fourth-order valence-corrected chi connectivity index (χ4v) is 3.08. The predicted molar refractivity (Wildman–Crippen MR) is 106 cm³/mol. The van der Waals surface area contributed by atoms with E-state index in [-0.39, 0.29) is 5.69 Å². The standard InChI is InChI=1S/C21H13F3N6O/c1-11-6-12(8-25)9-27-18(11)20(31)28-14-3-4-16-15(7-14)19(30-29-16)13-2-5-17(26-10-13)21(22,23)24/h2-7,9-10H,1H3,(H,28,31)(H,29,30). The lowest BCUT2D eigenvalue weighted by molar-refractivity contribution is -0.141. The molecule has 0 fully saturated rings. The lowest BCUT2D eigenvalue weighted by atomic mass is 10.1. The fourth-order valence-electron chi connectivity index (χ4n) is 3.08. The Morgan fingerprint density at radius 1 is 1.13 bits per heavy atom. The van der Waals surface area contributed by atoms with Crippen molar-refractivity contribution in [2.45, 2.75) is 13.1 Å². The average molecular weight is 422 g/mol. The molecule has 31 heavy (non-hydrogen) atoms. The highest BCUT2D eigenvalue weighted by molar-refractivity contribution is 6.05. The van der Waals surface area contributed by atoms with Crippen LogP contribution in [0.3, 0.4) is 0 Å². The highest BCUT2D eigenvalue weighted by Gasteiger charge is 2.32. The third kappa shape index (κ3) is 3.93. The van der Waals surface area contributed by atoms with E-state index in [1.54, 1.807) is 31.2 Å². The Bertz CT molecular complexity index is 1340. The zero-order valence-electron chi connectivity index (χ0n) is 15.9. The summed E-state index contributed by atoms with van der Waals surface area (Å²) in [6, 6.07) is 10.7. The van der Waals surface area contributed by atoms with Gasteiger partial charge in [0, 0.05) is 29.0 Å². The summed E-state index contributed by atoms with van der Waals surface area (Å²) in [5.41, 5.74) is 1.98. The number of halogens is 3. The topological polar surface area (TPSA) is 107 Å². The van der Waals surface area contributed by atoms with Crippen molar-refractivity contribution in [2.75, 3.05) is 5.32 Å². The second-order valence-electron chi connectivity index (χ2n) is 6.72. The Hall–Kier alpha value is -4.26. The summed E-state index contributed by atoms with van der Waals surface area (Å²) in [6.45, 7) is 1.68. The zero-order valence-corrected chi connectivity index (χ0v) is 15.9. The first kappa shape index (κ1) is 20.0. The van der Waals surface area contributed by atoms with E-state index >= 15 is 0 Å². The zero-order chi connectivity index (χ0) is 22.2. The van der Waals surface area contributed by atoms with Crippen LogP contribution < -0.4 is 5.32 Å². The normalized spacial score (nSPS) is 11.3. The lowest BCUT2D eigenvalue weighted by Crippen LogP contribution is -2.15. The van der Waals surface area contributed by atoms with Crippen LogP contribution in [0, 0.1) is 18.3 Å². The van der Waals surface area contributed by atoms with Crippen LogP contribution in [-0.4, -0.2) is 26.1 Å². The highest BCUT2D eigenvalue weighted by Crippen LogP contribution is 2.31. The number of nitrogens with one attached hydrogen (secondary N) is 2. The molecule has 0 aliphatic rings. The highest BCUT2D eigenvalue weighted by atomic mass is 19.4. The molecule has 1 aromatic carbocycles. The Morgan fingerprint density at radius 3 is 2.58 bits per heavy atom. The molecule has 0 atom stereocenters. The summed E-state index contributed by atoms with van der Waals surface area (Å²) in [7, 11) is 0. The summed E-state index contributed by atoms with van der Waals surface area (Å²) in [5.74, 6) is -0.456. The number of anilines is 1. The van der Waals surface area contributed by atoms with Crippen molar-refractivity contribution in [3.8, 4) is 17.3 Å². The number of aryl methyl sites for hydroxylation is 1. The SMILES string of the molecule is Cc1cc(C#N)cnc1C(=O)Nc1ccc2[nH]nc(-c3ccc(C(F)(F)F)nc3)c2c1. The van der Waals surface area contributed by atoms with Gasteiger partial charge in [-0.25, -0.2) is 4.98 Å². The van der Waals surface area contributed by atoms with Crippen LogP contribution in [-0.2, 0) is 6.18 Å². The monoisotopic (exact) mass is 422 g/mol. The number of nitrogens with zero attached hydrogens (tertiary/aromatic N) is 4. The molecule has 0 aliphatic heterocycles. The maximum absolute atomic E-state index is 12.8. The second-order valence-corrected chi connectivity index (χ2v) is 6.72. The summed E-state index contributed by atoms with van der Waals surface area (Å²) in [4.78, 5) is 20.1. The molecule has 0 bridgehead atoms. The van der Waals surface area contributed by atoms with Gasteiger partial charge in [0.15, 0.2) is 0 Å². The number of nitriles is 1. The van der Waals surface area contributed by atoms with Gasteiger partial charge in [-0.2, -0.15) is 23.5 Å². The third-order valence-corrected chi connectivity index (χ3v) is 4.57. The molecule has 7 nitrogen and oxygen atoms in total. The van der Waals surface area contributed by atoms with E-state index < -0.39 is 17.8 Å². The number of hydrogen-bond donors (Lipinski definition) is 2. The quantitative estimate of drug-likeness (QED) is 0.507. The number of hydrogen-bond acceptors (Lipinski definition) is 5. The van der Waals surface area contributed by atoms with Gasteiger partial charge in [0.05, 0.1) is 11.1 Å². The predicted octanol–water partition coefficient (Wildman–Crippen LogP) is 4.47. The van der Waals surface area contributed by atoms with Crippen LogP contribution in [0.2, 0.25) is 0 Å². The molecule has 154 valence electrons. The number of carbonyl (C=O) groups is 1.